The molecule has 3 atom stereocenters. The number of hydrogen-bond acceptors (Lipinski definition) is 3. The van der Waals surface area contributed by atoms with Gasteiger partial charge in [-0.2, -0.15) is 0 Å². The monoisotopic (exact) mass is 272 g/mol. The Morgan fingerprint density at radius 1 is 1.37 bits per heavy atom. The van der Waals surface area contributed by atoms with E-state index >= 15 is 0 Å². The summed E-state index contributed by atoms with van der Waals surface area (Å²) in [7, 11) is 1.44. The number of rotatable bonds is 7. The molecule has 0 aromatic heterocycles. The molecule has 0 radical (unpaired) electrons. The van der Waals surface area contributed by atoms with Crippen molar-refractivity contribution in [2.45, 2.75) is 38.7 Å². The summed E-state index contributed by atoms with van der Waals surface area (Å²) in [5.74, 6) is 0.385. The fourth-order valence-corrected chi connectivity index (χ4v) is 2.45. The number of carbonyl (C=O) groups excluding carboxylic acids is 1. The lowest BCUT2D eigenvalue weighted by molar-refractivity contribution is -0.139. The van der Waals surface area contributed by atoms with Gasteiger partial charge in [0.15, 0.2) is 0 Å². The molecule has 1 aliphatic rings. The molecule has 1 aliphatic carbocycles. The van der Waals surface area contributed by atoms with Crippen molar-refractivity contribution < 1.29 is 19.4 Å². The number of methoxy groups -OCH3 is 1. The molecule has 110 valence electrons. The molecule has 1 saturated carbocycles. The van der Waals surface area contributed by atoms with Gasteiger partial charge < -0.3 is 20.5 Å². The second kappa shape index (κ2) is 7.99. The summed E-state index contributed by atoms with van der Waals surface area (Å²) in [6.45, 7) is 3.12. The number of urea groups is 1. The summed E-state index contributed by atoms with van der Waals surface area (Å²) < 4.78 is 4.98. The second-order valence-electron chi connectivity index (χ2n) is 5.33. The molecule has 0 heterocycles. The topological polar surface area (TPSA) is 87.7 Å². The van der Waals surface area contributed by atoms with Gasteiger partial charge in [-0.3, -0.25) is 4.79 Å². The Labute approximate surface area is 113 Å². The minimum atomic E-state index is -0.936. The number of nitrogens with one attached hydrogen (secondary N) is 2. The van der Waals surface area contributed by atoms with Crippen LogP contribution in [0, 0.1) is 11.8 Å². The maximum Gasteiger partial charge on any atom is 0.314 e. The summed E-state index contributed by atoms with van der Waals surface area (Å²) >= 11 is 0. The van der Waals surface area contributed by atoms with E-state index in [1.165, 1.54) is 26.4 Å². The van der Waals surface area contributed by atoms with Crippen LogP contribution in [0.15, 0.2) is 0 Å². The van der Waals surface area contributed by atoms with E-state index in [0.29, 0.717) is 12.5 Å². The Morgan fingerprint density at radius 3 is 2.63 bits per heavy atom. The number of aliphatic carboxylic acids is 1. The first kappa shape index (κ1) is 15.8. The van der Waals surface area contributed by atoms with Crippen LogP contribution in [0.25, 0.3) is 0 Å². The molecule has 6 nitrogen and oxygen atoms in total. The third-order valence-electron chi connectivity index (χ3n) is 3.58. The standard InChI is InChI=1S/C13H24N2O4/c1-9-3-4-10(5-9)7-14-13(18)15-8-11(19-2)6-12(16)17/h9-11H,3-8H2,1-2H3,(H,16,17)(H2,14,15,18). The summed E-state index contributed by atoms with van der Waals surface area (Å²) in [6.07, 6.45) is 2.96. The smallest absolute Gasteiger partial charge is 0.314 e. The normalized spacial score (nSPS) is 23.9. The van der Waals surface area contributed by atoms with Gasteiger partial charge in [0.05, 0.1) is 12.5 Å². The molecule has 1 rings (SSSR count). The van der Waals surface area contributed by atoms with E-state index < -0.39 is 12.1 Å². The van der Waals surface area contributed by atoms with Crippen LogP contribution < -0.4 is 10.6 Å². The molecule has 0 aromatic carbocycles. The first-order chi connectivity index (χ1) is 9.01. The van der Waals surface area contributed by atoms with Crippen molar-refractivity contribution >= 4 is 12.0 Å². The van der Waals surface area contributed by atoms with E-state index in [2.05, 4.69) is 17.6 Å². The van der Waals surface area contributed by atoms with Crippen LogP contribution in [-0.2, 0) is 9.53 Å². The number of hydrogen-bond donors (Lipinski definition) is 3. The van der Waals surface area contributed by atoms with Crippen molar-refractivity contribution in [2.24, 2.45) is 11.8 Å². The maximum absolute atomic E-state index is 11.6. The van der Waals surface area contributed by atoms with Gasteiger partial charge in [-0.15, -0.1) is 0 Å². The molecule has 6 heteroatoms. The Balaban J connectivity index is 2.14. The SMILES string of the molecule is COC(CNC(=O)NCC1CCC(C)C1)CC(=O)O. The first-order valence-electron chi connectivity index (χ1n) is 6.77. The zero-order valence-electron chi connectivity index (χ0n) is 11.6. The van der Waals surface area contributed by atoms with Gasteiger partial charge in [0.25, 0.3) is 0 Å². The molecule has 0 bridgehead atoms. The van der Waals surface area contributed by atoms with E-state index in [0.717, 1.165) is 5.92 Å². The third kappa shape index (κ3) is 6.42. The van der Waals surface area contributed by atoms with Gasteiger partial charge in [0.2, 0.25) is 0 Å². The lowest BCUT2D eigenvalue weighted by Crippen LogP contribution is -2.42. The fourth-order valence-electron chi connectivity index (χ4n) is 2.45. The molecule has 3 N–H and O–H groups in total. The Kier molecular flexibility index (Phi) is 6.62. The molecule has 2 amide bonds. The van der Waals surface area contributed by atoms with E-state index in [1.807, 2.05) is 0 Å². The zero-order chi connectivity index (χ0) is 14.3. The molecular formula is C13H24N2O4. The van der Waals surface area contributed by atoms with E-state index in [9.17, 15) is 9.59 Å². The minimum absolute atomic E-state index is 0.114. The second-order valence-corrected chi connectivity index (χ2v) is 5.33. The van der Waals surface area contributed by atoms with Crippen molar-refractivity contribution in [3.8, 4) is 0 Å². The van der Waals surface area contributed by atoms with Crippen molar-refractivity contribution in [2.75, 3.05) is 20.2 Å². The molecule has 0 saturated heterocycles. The van der Waals surface area contributed by atoms with Gasteiger partial charge in [0, 0.05) is 20.2 Å². The summed E-state index contributed by atoms with van der Waals surface area (Å²) in [5.41, 5.74) is 0. The minimum Gasteiger partial charge on any atom is -0.481 e. The number of carboxylic acids is 1. The predicted octanol–water partition coefficient (Wildman–Crippen LogP) is 1.21. The van der Waals surface area contributed by atoms with Crippen LogP contribution in [0.1, 0.15) is 32.6 Å². The van der Waals surface area contributed by atoms with Gasteiger partial charge in [-0.25, -0.2) is 4.79 Å². The molecule has 0 aromatic rings. The van der Waals surface area contributed by atoms with Crippen molar-refractivity contribution in [1.29, 1.82) is 0 Å². The molecule has 3 unspecified atom stereocenters. The zero-order valence-corrected chi connectivity index (χ0v) is 11.6. The van der Waals surface area contributed by atoms with Gasteiger partial charge in [-0.05, 0) is 24.7 Å². The first-order valence-corrected chi connectivity index (χ1v) is 6.77. The summed E-state index contributed by atoms with van der Waals surface area (Å²) in [6, 6.07) is -0.257. The predicted molar refractivity (Wildman–Crippen MR) is 71.0 cm³/mol. The van der Waals surface area contributed by atoms with Crippen LogP contribution >= 0.6 is 0 Å². The Hall–Kier alpha value is -1.30. The number of ether oxygens (including phenoxy) is 1. The molecular weight excluding hydrogens is 248 g/mol. The summed E-state index contributed by atoms with van der Waals surface area (Å²) in [4.78, 5) is 22.1. The molecule has 1 fully saturated rings. The van der Waals surface area contributed by atoms with Crippen LogP contribution in [0.3, 0.4) is 0 Å². The van der Waals surface area contributed by atoms with E-state index in [4.69, 9.17) is 9.84 Å². The lowest BCUT2D eigenvalue weighted by Gasteiger charge is -2.15. The average molecular weight is 272 g/mol. The highest BCUT2D eigenvalue weighted by molar-refractivity contribution is 5.74. The van der Waals surface area contributed by atoms with Gasteiger partial charge >= 0.3 is 12.0 Å². The maximum atomic E-state index is 11.6. The van der Waals surface area contributed by atoms with Gasteiger partial charge in [-0.1, -0.05) is 13.3 Å². The van der Waals surface area contributed by atoms with Crippen LogP contribution in [0.4, 0.5) is 4.79 Å². The van der Waals surface area contributed by atoms with Crippen molar-refractivity contribution in [3.63, 3.8) is 0 Å². The summed E-state index contributed by atoms with van der Waals surface area (Å²) in [5, 5.41) is 14.1. The number of carbonyl (C=O) groups is 2. The average Bonchev–Trinajstić information content (AvgIpc) is 2.77. The van der Waals surface area contributed by atoms with Crippen LogP contribution in [0.5, 0.6) is 0 Å². The highest BCUT2D eigenvalue weighted by atomic mass is 16.5. The highest BCUT2D eigenvalue weighted by Crippen LogP contribution is 2.29. The lowest BCUT2D eigenvalue weighted by atomic mass is 10.1. The molecule has 0 spiro atoms. The Morgan fingerprint density at radius 2 is 2.11 bits per heavy atom. The van der Waals surface area contributed by atoms with Crippen LogP contribution in [-0.4, -0.2) is 43.4 Å². The Bertz CT molecular complexity index is 309. The van der Waals surface area contributed by atoms with Crippen LogP contribution in [0.2, 0.25) is 0 Å². The largest absolute Gasteiger partial charge is 0.481 e. The van der Waals surface area contributed by atoms with E-state index in [-0.39, 0.29) is 19.0 Å². The highest BCUT2D eigenvalue weighted by Gasteiger charge is 2.21. The number of carboxylic acid groups (broad SMARTS) is 1. The quantitative estimate of drug-likeness (QED) is 0.650. The van der Waals surface area contributed by atoms with Crippen molar-refractivity contribution in [1.82, 2.24) is 10.6 Å². The third-order valence-corrected chi connectivity index (χ3v) is 3.58. The van der Waals surface area contributed by atoms with Crippen molar-refractivity contribution in [3.05, 3.63) is 0 Å². The van der Waals surface area contributed by atoms with Gasteiger partial charge in [0.1, 0.15) is 0 Å². The molecule has 0 aliphatic heterocycles. The molecule has 19 heavy (non-hydrogen) atoms. The fraction of sp³-hybridized carbons (Fsp3) is 0.846. The van der Waals surface area contributed by atoms with E-state index in [1.54, 1.807) is 0 Å². The number of amides is 2.